The van der Waals surface area contributed by atoms with Crippen LogP contribution in [0.5, 0.6) is 0 Å². The largest absolute Gasteiger partial charge is 0.387 e. The Labute approximate surface area is 61.0 Å². The maximum Gasteiger partial charge on any atom is 0.0926 e. The Bertz CT molecular complexity index is 95.7. The number of rotatable bonds is 2. The van der Waals surface area contributed by atoms with E-state index in [1.165, 1.54) is 0 Å². The Kier molecular flexibility index (Phi) is 2.50. The second-order valence-electron chi connectivity index (χ2n) is 2.95. The summed E-state index contributed by atoms with van der Waals surface area (Å²) in [6.45, 7) is 5.28. The third-order valence-corrected chi connectivity index (χ3v) is 2.09. The molecule has 0 saturated carbocycles. The fraction of sp³-hybridized carbons (Fsp3) is 1.00. The first-order valence-electron chi connectivity index (χ1n) is 2.92. The highest BCUT2D eigenvalue weighted by Crippen LogP contribution is 2.26. The van der Waals surface area contributed by atoms with Gasteiger partial charge in [-0.2, -0.15) is 0 Å². The van der Waals surface area contributed by atoms with E-state index in [-0.39, 0.29) is 6.54 Å². The molecular weight excluding hydrogens is 138 g/mol. The summed E-state index contributed by atoms with van der Waals surface area (Å²) in [5.74, 6) is 0. The summed E-state index contributed by atoms with van der Waals surface area (Å²) in [5, 5.41) is 9.40. The molecule has 3 heteroatoms. The van der Waals surface area contributed by atoms with Crippen LogP contribution in [0.4, 0.5) is 0 Å². The van der Waals surface area contributed by atoms with E-state index in [0.29, 0.717) is 0 Å². The van der Waals surface area contributed by atoms with Gasteiger partial charge in [-0.1, -0.05) is 0 Å². The highest BCUT2D eigenvalue weighted by atomic mass is 35.5. The molecule has 0 aromatic heterocycles. The molecule has 0 radical (unpaired) electrons. The van der Waals surface area contributed by atoms with Crippen molar-refractivity contribution in [3.05, 3.63) is 0 Å². The standard InChI is InChI=1S/C6H14ClNO/c1-5(2,7)6(3,9)4-8/h9H,4,8H2,1-3H3. The number of halogens is 1. The first-order chi connectivity index (χ1) is 3.81. The highest BCUT2D eigenvalue weighted by molar-refractivity contribution is 6.24. The van der Waals surface area contributed by atoms with E-state index in [1.54, 1.807) is 20.8 Å². The van der Waals surface area contributed by atoms with Gasteiger partial charge in [0.1, 0.15) is 0 Å². The van der Waals surface area contributed by atoms with Crippen LogP contribution in [-0.4, -0.2) is 22.1 Å². The van der Waals surface area contributed by atoms with Crippen molar-refractivity contribution < 1.29 is 5.11 Å². The maximum atomic E-state index is 9.40. The van der Waals surface area contributed by atoms with E-state index in [0.717, 1.165) is 0 Å². The summed E-state index contributed by atoms with van der Waals surface area (Å²) in [6.07, 6.45) is 0. The zero-order valence-electron chi connectivity index (χ0n) is 6.11. The van der Waals surface area contributed by atoms with Crippen LogP contribution in [0.15, 0.2) is 0 Å². The van der Waals surface area contributed by atoms with E-state index < -0.39 is 10.5 Å². The van der Waals surface area contributed by atoms with Crippen LogP contribution in [-0.2, 0) is 0 Å². The van der Waals surface area contributed by atoms with Gasteiger partial charge in [0.15, 0.2) is 0 Å². The summed E-state index contributed by atoms with van der Waals surface area (Å²) in [6, 6.07) is 0. The van der Waals surface area contributed by atoms with E-state index >= 15 is 0 Å². The van der Waals surface area contributed by atoms with E-state index in [4.69, 9.17) is 17.3 Å². The van der Waals surface area contributed by atoms with Crippen LogP contribution in [0.1, 0.15) is 20.8 Å². The molecule has 56 valence electrons. The van der Waals surface area contributed by atoms with Crippen molar-refractivity contribution in [3.63, 3.8) is 0 Å². The minimum absolute atomic E-state index is 0.184. The maximum absolute atomic E-state index is 9.40. The van der Waals surface area contributed by atoms with Gasteiger partial charge < -0.3 is 10.8 Å². The van der Waals surface area contributed by atoms with Crippen molar-refractivity contribution in [2.45, 2.75) is 31.2 Å². The zero-order valence-corrected chi connectivity index (χ0v) is 6.87. The minimum atomic E-state index is -0.978. The van der Waals surface area contributed by atoms with Crippen molar-refractivity contribution in [2.24, 2.45) is 5.73 Å². The lowest BCUT2D eigenvalue weighted by Gasteiger charge is -2.33. The highest BCUT2D eigenvalue weighted by Gasteiger charge is 2.35. The summed E-state index contributed by atoms with van der Waals surface area (Å²) in [5.41, 5.74) is 4.28. The zero-order chi connectivity index (χ0) is 7.71. The van der Waals surface area contributed by atoms with Crippen molar-refractivity contribution in [1.29, 1.82) is 0 Å². The van der Waals surface area contributed by atoms with Gasteiger partial charge in [-0.3, -0.25) is 0 Å². The van der Waals surface area contributed by atoms with Gasteiger partial charge >= 0.3 is 0 Å². The summed E-state index contributed by atoms with van der Waals surface area (Å²) in [7, 11) is 0. The predicted octanol–water partition coefficient (Wildman–Crippen LogP) is 0.714. The summed E-state index contributed by atoms with van der Waals surface area (Å²) < 4.78 is 0. The topological polar surface area (TPSA) is 46.2 Å². The molecule has 0 rings (SSSR count). The molecule has 0 aliphatic rings. The summed E-state index contributed by atoms with van der Waals surface area (Å²) in [4.78, 5) is -0.651. The van der Waals surface area contributed by atoms with Crippen LogP contribution in [0.2, 0.25) is 0 Å². The minimum Gasteiger partial charge on any atom is -0.387 e. The molecule has 0 bridgehead atoms. The quantitative estimate of drug-likeness (QED) is 0.572. The molecule has 0 fully saturated rings. The SMILES string of the molecule is CC(C)(Cl)C(C)(O)CN. The first-order valence-corrected chi connectivity index (χ1v) is 3.30. The monoisotopic (exact) mass is 151 g/mol. The molecule has 2 nitrogen and oxygen atoms in total. The molecule has 1 atom stereocenters. The fourth-order valence-electron chi connectivity index (χ4n) is 0.243. The van der Waals surface area contributed by atoms with E-state index in [1.807, 2.05) is 0 Å². The van der Waals surface area contributed by atoms with Gasteiger partial charge in [0.05, 0.1) is 10.5 Å². The molecule has 0 saturated heterocycles. The summed E-state index contributed by atoms with van der Waals surface area (Å²) >= 11 is 5.79. The van der Waals surface area contributed by atoms with Crippen molar-refractivity contribution in [2.75, 3.05) is 6.54 Å². The number of aliphatic hydroxyl groups is 1. The molecule has 0 aromatic carbocycles. The Hall–Kier alpha value is 0.210. The molecule has 0 spiro atoms. The third kappa shape index (κ3) is 2.12. The van der Waals surface area contributed by atoms with Gasteiger partial charge in [0.2, 0.25) is 0 Å². The lowest BCUT2D eigenvalue weighted by atomic mass is 9.92. The molecule has 3 N–H and O–H groups in total. The van der Waals surface area contributed by atoms with Crippen molar-refractivity contribution >= 4 is 11.6 Å². The molecule has 0 aromatic rings. The predicted molar refractivity (Wildman–Crippen MR) is 39.6 cm³/mol. The van der Waals surface area contributed by atoms with Gasteiger partial charge in [-0.15, -0.1) is 11.6 Å². The van der Waals surface area contributed by atoms with Gasteiger partial charge in [-0.25, -0.2) is 0 Å². The second kappa shape index (κ2) is 2.45. The average Bonchev–Trinajstić information content (AvgIpc) is 1.64. The van der Waals surface area contributed by atoms with Crippen LogP contribution in [0.3, 0.4) is 0 Å². The Morgan fingerprint density at radius 1 is 1.44 bits per heavy atom. The molecular formula is C6H14ClNO. The molecule has 0 aliphatic heterocycles. The average molecular weight is 152 g/mol. The number of nitrogens with two attached hydrogens (primary N) is 1. The molecule has 1 unspecified atom stereocenters. The van der Waals surface area contributed by atoms with Gasteiger partial charge in [-0.05, 0) is 20.8 Å². The lowest BCUT2D eigenvalue weighted by Crippen LogP contribution is -2.49. The fourth-order valence-corrected chi connectivity index (χ4v) is 0.320. The van der Waals surface area contributed by atoms with E-state index in [9.17, 15) is 5.11 Å². The van der Waals surface area contributed by atoms with Crippen LogP contribution in [0, 0.1) is 0 Å². The molecule has 9 heavy (non-hydrogen) atoms. The molecule has 0 heterocycles. The van der Waals surface area contributed by atoms with Gasteiger partial charge in [0, 0.05) is 6.54 Å². The Balaban J connectivity index is 4.14. The Morgan fingerprint density at radius 2 is 1.78 bits per heavy atom. The molecule has 0 aliphatic carbocycles. The van der Waals surface area contributed by atoms with Gasteiger partial charge in [0.25, 0.3) is 0 Å². The van der Waals surface area contributed by atoms with Crippen molar-refractivity contribution in [3.8, 4) is 0 Å². The van der Waals surface area contributed by atoms with Crippen LogP contribution in [0.25, 0.3) is 0 Å². The molecule has 0 amide bonds. The number of alkyl halides is 1. The normalized spacial score (nSPS) is 19.3. The van der Waals surface area contributed by atoms with E-state index in [2.05, 4.69) is 0 Å². The Morgan fingerprint density at radius 3 is 1.78 bits per heavy atom. The lowest BCUT2D eigenvalue weighted by molar-refractivity contribution is 0.0357. The first kappa shape index (κ1) is 9.21. The second-order valence-corrected chi connectivity index (χ2v) is 3.90. The van der Waals surface area contributed by atoms with Crippen molar-refractivity contribution in [1.82, 2.24) is 0 Å². The third-order valence-electron chi connectivity index (χ3n) is 1.68. The van der Waals surface area contributed by atoms with Crippen LogP contribution < -0.4 is 5.73 Å². The number of hydrogen-bond donors (Lipinski definition) is 2. The van der Waals surface area contributed by atoms with Crippen LogP contribution >= 0.6 is 11.6 Å². The smallest absolute Gasteiger partial charge is 0.0926 e. The number of hydrogen-bond acceptors (Lipinski definition) is 2.